The number of unbranched alkanes of at least 4 members (excludes halogenated alkanes) is 1. The van der Waals surface area contributed by atoms with Gasteiger partial charge in [-0.3, -0.25) is 14.4 Å². The van der Waals surface area contributed by atoms with E-state index in [0.717, 1.165) is 5.56 Å². The van der Waals surface area contributed by atoms with E-state index in [1.807, 2.05) is 30.3 Å². The lowest BCUT2D eigenvalue weighted by molar-refractivity contribution is -0.149. The van der Waals surface area contributed by atoms with Crippen molar-refractivity contribution in [1.82, 2.24) is 15.5 Å². The Bertz CT molecular complexity index is 819. The molecule has 10 nitrogen and oxygen atoms in total. The largest absolute Gasteiger partial charge is 0.480 e. The fraction of sp³-hybridized carbons (Fsp3) is 0.565. The molecule has 4 unspecified atom stereocenters. The minimum absolute atomic E-state index is 0.326. The first-order chi connectivity index (χ1) is 15.7. The normalized spacial score (nSPS) is 18.3. The van der Waals surface area contributed by atoms with Crippen LogP contribution in [0.4, 0.5) is 0 Å². The van der Waals surface area contributed by atoms with Gasteiger partial charge in [0.15, 0.2) is 0 Å². The van der Waals surface area contributed by atoms with Crippen LogP contribution in [0.15, 0.2) is 30.3 Å². The Morgan fingerprint density at radius 1 is 1.12 bits per heavy atom. The van der Waals surface area contributed by atoms with Crippen molar-refractivity contribution in [1.29, 1.82) is 0 Å². The second-order valence-electron chi connectivity index (χ2n) is 8.40. The molecular weight excluding hydrogens is 426 g/mol. The first-order valence-electron chi connectivity index (χ1n) is 11.4. The Kier molecular flexibility index (Phi) is 10.3. The minimum atomic E-state index is -1.05. The second kappa shape index (κ2) is 12.9. The van der Waals surface area contributed by atoms with Crippen LogP contribution in [-0.4, -0.2) is 71.0 Å². The van der Waals surface area contributed by atoms with E-state index in [9.17, 15) is 24.3 Å². The molecule has 0 aliphatic carbocycles. The molecule has 0 radical (unpaired) electrons. The zero-order valence-electron chi connectivity index (χ0n) is 19.0. The number of carbonyl (C=O) groups is 4. The van der Waals surface area contributed by atoms with Gasteiger partial charge in [0.2, 0.25) is 17.7 Å². The number of amides is 3. The highest BCUT2D eigenvalue weighted by molar-refractivity contribution is 5.94. The molecule has 7 N–H and O–H groups in total. The van der Waals surface area contributed by atoms with Crippen LogP contribution in [0, 0.1) is 0 Å². The SMILES string of the molecule is CC(NC(=O)C(N)Cc1ccccc1)C(=O)NC(CCCCN)C(=O)N1CCCC1C(=O)O. The summed E-state index contributed by atoms with van der Waals surface area (Å²) in [6.07, 6.45) is 2.91. The molecule has 4 atom stereocenters. The minimum Gasteiger partial charge on any atom is -0.480 e. The van der Waals surface area contributed by atoms with E-state index in [2.05, 4.69) is 10.6 Å². The number of benzene rings is 1. The van der Waals surface area contributed by atoms with Gasteiger partial charge in [0.05, 0.1) is 6.04 Å². The van der Waals surface area contributed by atoms with Crippen molar-refractivity contribution in [2.24, 2.45) is 11.5 Å². The molecule has 0 saturated carbocycles. The van der Waals surface area contributed by atoms with Crippen molar-refractivity contribution in [2.45, 2.75) is 69.6 Å². The maximum atomic E-state index is 13.1. The summed E-state index contributed by atoms with van der Waals surface area (Å²) < 4.78 is 0. The number of aliphatic carboxylic acids is 1. The molecule has 1 aliphatic rings. The van der Waals surface area contributed by atoms with Crippen LogP contribution in [0.2, 0.25) is 0 Å². The molecule has 1 aromatic rings. The van der Waals surface area contributed by atoms with Gasteiger partial charge in [0.25, 0.3) is 0 Å². The number of nitrogens with one attached hydrogen (secondary N) is 2. The summed E-state index contributed by atoms with van der Waals surface area (Å²) in [4.78, 5) is 51.1. The molecule has 3 amide bonds. The maximum Gasteiger partial charge on any atom is 0.326 e. The third kappa shape index (κ3) is 7.83. The van der Waals surface area contributed by atoms with E-state index in [-0.39, 0.29) is 0 Å². The van der Waals surface area contributed by atoms with Gasteiger partial charge in [-0.25, -0.2) is 4.79 Å². The standard InChI is InChI=1S/C23H35N5O5/c1-15(26-21(30)17(25)14-16-8-3-2-4-9-16)20(29)27-18(10-5-6-12-24)22(31)28-13-7-11-19(28)23(32)33/h2-4,8-9,15,17-19H,5-7,10-14,24-25H2,1H3,(H,26,30)(H,27,29)(H,32,33). The van der Waals surface area contributed by atoms with Gasteiger partial charge >= 0.3 is 5.97 Å². The van der Waals surface area contributed by atoms with Gasteiger partial charge in [-0.05, 0) is 57.6 Å². The number of likely N-dealkylation sites (tertiary alicyclic amines) is 1. The highest BCUT2D eigenvalue weighted by Crippen LogP contribution is 2.20. The van der Waals surface area contributed by atoms with E-state index in [1.54, 1.807) is 0 Å². The predicted molar refractivity (Wildman–Crippen MR) is 123 cm³/mol. The Labute approximate surface area is 194 Å². The van der Waals surface area contributed by atoms with Crippen molar-refractivity contribution < 1.29 is 24.3 Å². The quantitative estimate of drug-likeness (QED) is 0.267. The highest BCUT2D eigenvalue weighted by atomic mass is 16.4. The Hall–Kier alpha value is -2.98. The van der Waals surface area contributed by atoms with Gasteiger partial charge in [0.1, 0.15) is 18.1 Å². The molecule has 33 heavy (non-hydrogen) atoms. The number of nitrogens with two attached hydrogens (primary N) is 2. The number of hydrogen-bond donors (Lipinski definition) is 5. The van der Waals surface area contributed by atoms with Crippen molar-refractivity contribution in [3.63, 3.8) is 0 Å². The van der Waals surface area contributed by atoms with Crippen molar-refractivity contribution in [3.05, 3.63) is 35.9 Å². The van der Waals surface area contributed by atoms with Crippen molar-refractivity contribution >= 4 is 23.7 Å². The summed E-state index contributed by atoms with van der Waals surface area (Å²) in [7, 11) is 0. The maximum absolute atomic E-state index is 13.1. The molecule has 1 aliphatic heterocycles. The van der Waals surface area contributed by atoms with Crippen LogP contribution in [0.3, 0.4) is 0 Å². The summed E-state index contributed by atoms with van der Waals surface area (Å²) in [5.41, 5.74) is 12.4. The Balaban J connectivity index is 1.98. The zero-order valence-corrected chi connectivity index (χ0v) is 19.0. The molecule has 0 bridgehead atoms. The van der Waals surface area contributed by atoms with Crippen LogP contribution in [-0.2, 0) is 25.6 Å². The zero-order chi connectivity index (χ0) is 24.4. The third-order valence-electron chi connectivity index (χ3n) is 5.77. The number of nitrogens with zero attached hydrogens (tertiary/aromatic N) is 1. The highest BCUT2D eigenvalue weighted by Gasteiger charge is 2.37. The fourth-order valence-corrected chi connectivity index (χ4v) is 3.88. The molecule has 0 spiro atoms. The first kappa shape index (κ1) is 26.3. The van der Waals surface area contributed by atoms with Gasteiger partial charge in [-0.15, -0.1) is 0 Å². The summed E-state index contributed by atoms with van der Waals surface area (Å²) in [5.74, 6) is -2.49. The smallest absolute Gasteiger partial charge is 0.326 e. The molecule has 1 saturated heterocycles. The lowest BCUT2D eigenvalue weighted by atomic mass is 10.1. The predicted octanol–water partition coefficient (Wildman–Crippen LogP) is -0.249. The Morgan fingerprint density at radius 3 is 2.45 bits per heavy atom. The molecule has 1 aromatic carbocycles. The van der Waals surface area contributed by atoms with E-state index in [1.165, 1.54) is 11.8 Å². The van der Waals surface area contributed by atoms with Gasteiger partial charge in [-0.2, -0.15) is 0 Å². The monoisotopic (exact) mass is 461 g/mol. The summed E-state index contributed by atoms with van der Waals surface area (Å²) in [6, 6.07) is 5.78. The number of hydrogen-bond acceptors (Lipinski definition) is 6. The molecule has 0 aromatic heterocycles. The van der Waals surface area contributed by atoms with Crippen molar-refractivity contribution in [3.8, 4) is 0 Å². The van der Waals surface area contributed by atoms with E-state index in [4.69, 9.17) is 11.5 Å². The van der Waals surface area contributed by atoms with Gasteiger partial charge < -0.3 is 32.1 Å². The molecule has 182 valence electrons. The van der Waals surface area contributed by atoms with Crippen LogP contribution >= 0.6 is 0 Å². The summed E-state index contributed by atoms with van der Waals surface area (Å²) >= 11 is 0. The third-order valence-corrected chi connectivity index (χ3v) is 5.77. The van der Waals surface area contributed by atoms with Gasteiger partial charge in [-0.1, -0.05) is 30.3 Å². The number of carboxylic acid groups (broad SMARTS) is 1. The van der Waals surface area contributed by atoms with E-state index >= 15 is 0 Å². The lowest BCUT2D eigenvalue weighted by Gasteiger charge is -2.28. The van der Waals surface area contributed by atoms with Crippen molar-refractivity contribution in [2.75, 3.05) is 13.1 Å². The van der Waals surface area contributed by atoms with Gasteiger partial charge in [0, 0.05) is 6.54 Å². The molecule has 2 rings (SSSR count). The van der Waals surface area contributed by atoms with E-state index < -0.39 is 47.9 Å². The fourth-order valence-electron chi connectivity index (χ4n) is 3.88. The molecule has 1 fully saturated rings. The van der Waals surface area contributed by atoms with Crippen LogP contribution in [0.1, 0.15) is 44.6 Å². The van der Waals surface area contributed by atoms with E-state index in [0.29, 0.717) is 51.6 Å². The lowest BCUT2D eigenvalue weighted by Crippen LogP contribution is -2.56. The second-order valence-corrected chi connectivity index (χ2v) is 8.40. The topological polar surface area (TPSA) is 168 Å². The van der Waals surface area contributed by atoms with Crippen LogP contribution < -0.4 is 22.1 Å². The number of carbonyl (C=O) groups excluding carboxylic acids is 3. The number of carboxylic acids is 1. The first-order valence-corrected chi connectivity index (χ1v) is 11.4. The summed E-state index contributed by atoms with van der Waals surface area (Å²) in [5, 5.41) is 14.7. The average Bonchev–Trinajstić information content (AvgIpc) is 3.29. The number of rotatable bonds is 12. The Morgan fingerprint density at radius 2 is 1.82 bits per heavy atom. The molecular formula is C23H35N5O5. The summed E-state index contributed by atoms with van der Waals surface area (Å²) in [6.45, 7) is 2.29. The molecule has 1 heterocycles. The molecule has 10 heteroatoms. The van der Waals surface area contributed by atoms with Crippen LogP contribution in [0.25, 0.3) is 0 Å². The van der Waals surface area contributed by atoms with Crippen LogP contribution in [0.5, 0.6) is 0 Å². The average molecular weight is 462 g/mol.